The summed E-state index contributed by atoms with van der Waals surface area (Å²) >= 11 is 1.90. The number of hydrogen-bond donors (Lipinski definition) is 1. The quantitative estimate of drug-likeness (QED) is 0.883. The van der Waals surface area contributed by atoms with Crippen molar-refractivity contribution in [1.82, 2.24) is 10.3 Å². The number of nitrogens with one attached hydrogen (secondary N) is 1. The highest BCUT2D eigenvalue weighted by Crippen LogP contribution is 2.44. The van der Waals surface area contributed by atoms with Crippen LogP contribution < -0.4 is 5.32 Å². The predicted molar refractivity (Wildman–Crippen MR) is 83.7 cm³/mol. The zero-order valence-corrected chi connectivity index (χ0v) is 13.9. The number of rotatable bonds is 4. The minimum atomic E-state index is 0.144. The van der Waals surface area contributed by atoms with Crippen molar-refractivity contribution in [2.24, 2.45) is 11.8 Å². The zero-order chi connectivity index (χ0) is 14.0. The van der Waals surface area contributed by atoms with Gasteiger partial charge in [0, 0.05) is 4.88 Å². The lowest BCUT2D eigenvalue weighted by molar-refractivity contribution is 0.140. The lowest BCUT2D eigenvalue weighted by Gasteiger charge is -2.42. The summed E-state index contributed by atoms with van der Waals surface area (Å²) in [4.78, 5) is 6.25. The van der Waals surface area contributed by atoms with E-state index in [1.54, 1.807) is 0 Å². The molecule has 19 heavy (non-hydrogen) atoms. The van der Waals surface area contributed by atoms with Gasteiger partial charge in [0.05, 0.1) is 11.2 Å². The van der Waals surface area contributed by atoms with Crippen molar-refractivity contribution in [2.75, 3.05) is 6.54 Å². The summed E-state index contributed by atoms with van der Waals surface area (Å²) in [6, 6.07) is 0. The van der Waals surface area contributed by atoms with Crippen molar-refractivity contribution in [3.8, 4) is 0 Å². The molecule has 2 nitrogen and oxygen atoms in total. The molecule has 1 fully saturated rings. The van der Waals surface area contributed by atoms with Gasteiger partial charge < -0.3 is 5.32 Å². The molecule has 0 aromatic carbocycles. The Hall–Kier alpha value is -0.410. The molecule has 0 aliphatic heterocycles. The molecule has 3 unspecified atom stereocenters. The van der Waals surface area contributed by atoms with Gasteiger partial charge in [-0.3, -0.25) is 0 Å². The minimum absolute atomic E-state index is 0.144. The average Bonchev–Trinajstić information content (AvgIpc) is 2.72. The summed E-state index contributed by atoms with van der Waals surface area (Å²) in [6.07, 6.45) is 4.98. The van der Waals surface area contributed by atoms with Gasteiger partial charge in [-0.1, -0.05) is 20.8 Å². The maximum Gasteiger partial charge on any atom is 0.113 e. The first kappa shape index (κ1) is 15.0. The summed E-state index contributed by atoms with van der Waals surface area (Å²) in [7, 11) is 0. The summed E-state index contributed by atoms with van der Waals surface area (Å²) < 4.78 is 0. The van der Waals surface area contributed by atoms with E-state index < -0.39 is 0 Å². The van der Waals surface area contributed by atoms with Gasteiger partial charge in [-0.15, -0.1) is 11.3 Å². The van der Waals surface area contributed by atoms with Gasteiger partial charge >= 0.3 is 0 Å². The Labute approximate surface area is 122 Å². The molecule has 0 amide bonds. The van der Waals surface area contributed by atoms with Crippen molar-refractivity contribution in [2.45, 2.75) is 65.8 Å². The van der Waals surface area contributed by atoms with E-state index in [0.717, 1.165) is 18.4 Å². The zero-order valence-electron chi connectivity index (χ0n) is 13.0. The Balaban J connectivity index is 2.29. The number of aryl methyl sites for hydroxylation is 2. The fraction of sp³-hybridized carbons (Fsp3) is 0.812. The lowest BCUT2D eigenvalue weighted by Crippen LogP contribution is -2.47. The van der Waals surface area contributed by atoms with Gasteiger partial charge in [0.15, 0.2) is 0 Å². The first-order chi connectivity index (χ1) is 8.98. The second-order valence-corrected chi connectivity index (χ2v) is 7.57. The topological polar surface area (TPSA) is 24.9 Å². The molecular weight excluding hydrogens is 252 g/mol. The van der Waals surface area contributed by atoms with Crippen molar-refractivity contribution in [3.05, 3.63) is 15.6 Å². The van der Waals surface area contributed by atoms with Crippen LogP contribution in [0.5, 0.6) is 0 Å². The van der Waals surface area contributed by atoms with E-state index in [1.807, 2.05) is 11.3 Å². The van der Waals surface area contributed by atoms with Gasteiger partial charge in [0.1, 0.15) is 5.01 Å². The first-order valence-corrected chi connectivity index (χ1v) is 8.49. The Morgan fingerprint density at radius 1 is 1.32 bits per heavy atom. The van der Waals surface area contributed by atoms with E-state index in [2.05, 4.69) is 39.9 Å². The molecule has 0 saturated heterocycles. The third-order valence-electron chi connectivity index (χ3n) is 4.82. The van der Waals surface area contributed by atoms with Crippen molar-refractivity contribution in [3.63, 3.8) is 0 Å². The Morgan fingerprint density at radius 2 is 2.05 bits per heavy atom. The van der Waals surface area contributed by atoms with Crippen molar-refractivity contribution < 1.29 is 0 Å². The van der Waals surface area contributed by atoms with Gasteiger partial charge in [-0.05, 0) is 57.9 Å². The van der Waals surface area contributed by atoms with E-state index in [0.29, 0.717) is 0 Å². The highest BCUT2D eigenvalue weighted by molar-refractivity contribution is 7.11. The second kappa shape index (κ2) is 5.92. The third-order valence-corrected chi connectivity index (χ3v) is 6.10. The van der Waals surface area contributed by atoms with Crippen LogP contribution >= 0.6 is 11.3 Å². The molecule has 0 radical (unpaired) electrons. The van der Waals surface area contributed by atoms with E-state index in [-0.39, 0.29) is 5.54 Å². The first-order valence-electron chi connectivity index (χ1n) is 7.68. The van der Waals surface area contributed by atoms with Gasteiger partial charge in [0.2, 0.25) is 0 Å². The second-order valence-electron chi connectivity index (χ2n) is 6.37. The fourth-order valence-corrected chi connectivity index (χ4v) is 4.20. The summed E-state index contributed by atoms with van der Waals surface area (Å²) in [5.41, 5.74) is 1.36. The minimum Gasteiger partial charge on any atom is -0.305 e. The Kier molecular flexibility index (Phi) is 4.67. The van der Waals surface area contributed by atoms with Crippen LogP contribution in [0.4, 0.5) is 0 Å². The number of hydrogen-bond acceptors (Lipinski definition) is 3. The highest BCUT2D eigenvalue weighted by Gasteiger charge is 2.40. The molecule has 0 bridgehead atoms. The molecule has 2 rings (SSSR count). The van der Waals surface area contributed by atoms with Crippen molar-refractivity contribution >= 4 is 11.3 Å². The largest absolute Gasteiger partial charge is 0.305 e. The van der Waals surface area contributed by atoms with Crippen LogP contribution in [0, 0.1) is 25.7 Å². The molecule has 1 aromatic rings. The van der Waals surface area contributed by atoms with Gasteiger partial charge in [-0.25, -0.2) is 4.98 Å². The number of thiazole rings is 1. The Bertz CT molecular complexity index is 403. The molecule has 1 aromatic heterocycles. The summed E-state index contributed by atoms with van der Waals surface area (Å²) in [5, 5.41) is 5.17. The molecule has 3 heteroatoms. The van der Waals surface area contributed by atoms with Gasteiger partial charge in [-0.2, -0.15) is 0 Å². The molecular formula is C16H28N2S. The van der Waals surface area contributed by atoms with Crippen LogP contribution in [0.15, 0.2) is 0 Å². The molecule has 1 aliphatic carbocycles. The molecule has 1 saturated carbocycles. The highest BCUT2D eigenvalue weighted by atomic mass is 32.1. The van der Waals surface area contributed by atoms with E-state index in [1.165, 1.54) is 41.3 Å². The summed E-state index contributed by atoms with van der Waals surface area (Å²) in [6.45, 7) is 12.5. The van der Waals surface area contributed by atoms with Gasteiger partial charge in [0.25, 0.3) is 0 Å². The third kappa shape index (κ3) is 3.03. The van der Waals surface area contributed by atoms with Crippen LogP contribution in [0.2, 0.25) is 0 Å². The normalized spacial score (nSPS) is 31.6. The molecule has 108 valence electrons. The maximum absolute atomic E-state index is 4.87. The molecule has 1 aliphatic rings. The maximum atomic E-state index is 4.87. The number of nitrogens with zero attached hydrogens (tertiary/aromatic N) is 1. The van der Waals surface area contributed by atoms with Crippen LogP contribution in [0.1, 0.15) is 62.0 Å². The van der Waals surface area contributed by atoms with E-state index >= 15 is 0 Å². The molecule has 1 heterocycles. The molecule has 0 spiro atoms. The van der Waals surface area contributed by atoms with Crippen LogP contribution in [0.25, 0.3) is 0 Å². The monoisotopic (exact) mass is 280 g/mol. The molecule has 3 atom stereocenters. The summed E-state index contributed by atoms with van der Waals surface area (Å²) in [5.74, 6) is 1.63. The van der Waals surface area contributed by atoms with E-state index in [9.17, 15) is 0 Å². The van der Waals surface area contributed by atoms with Crippen LogP contribution in [-0.2, 0) is 5.54 Å². The van der Waals surface area contributed by atoms with Crippen LogP contribution in [0.3, 0.4) is 0 Å². The standard InChI is InChI=1S/C16H28N2S/c1-6-9-17-16(8-7-11(2)12(3)10-16)15-18-13(4)14(5)19-15/h11-12,17H,6-10H2,1-5H3. The predicted octanol–water partition coefficient (Wildman–Crippen LogP) is 4.41. The lowest BCUT2D eigenvalue weighted by atomic mass is 9.71. The fourth-order valence-electron chi connectivity index (χ4n) is 3.08. The van der Waals surface area contributed by atoms with Crippen LogP contribution in [-0.4, -0.2) is 11.5 Å². The SMILES string of the molecule is CCCNC1(c2nc(C)c(C)s2)CCC(C)C(C)C1. The molecule has 1 N–H and O–H groups in total. The smallest absolute Gasteiger partial charge is 0.113 e. The van der Waals surface area contributed by atoms with Crippen molar-refractivity contribution in [1.29, 1.82) is 0 Å². The van der Waals surface area contributed by atoms with E-state index in [4.69, 9.17) is 4.98 Å². The average molecular weight is 280 g/mol. The Morgan fingerprint density at radius 3 is 2.58 bits per heavy atom. The number of aromatic nitrogens is 1.